The van der Waals surface area contributed by atoms with Gasteiger partial charge in [-0.25, -0.2) is 0 Å². The first-order valence-electron chi connectivity index (χ1n) is 5.99. The minimum atomic E-state index is 0.0392. The molecule has 0 aromatic heterocycles. The van der Waals surface area contributed by atoms with Crippen LogP contribution in [0, 0.1) is 0 Å². The van der Waals surface area contributed by atoms with Crippen LogP contribution in [-0.2, 0) is 0 Å². The number of hydrogen-bond donors (Lipinski definition) is 1. The van der Waals surface area contributed by atoms with Gasteiger partial charge in [-0.05, 0) is 24.6 Å². The summed E-state index contributed by atoms with van der Waals surface area (Å²) < 4.78 is 0. The maximum atomic E-state index is 6.35. The molecule has 1 aromatic rings. The molecule has 2 atom stereocenters. The summed E-state index contributed by atoms with van der Waals surface area (Å²) in [5.41, 5.74) is 8.10. The van der Waals surface area contributed by atoms with Gasteiger partial charge in [0.2, 0.25) is 0 Å². The minimum absolute atomic E-state index is 0.0392. The van der Waals surface area contributed by atoms with Gasteiger partial charge in [0.25, 0.3) is 0 Å². The fraction of sp³-hybridized carbons (Fsp3) is 0.538. The lowest BCUT2D eigenvalue weighted by molar-refractivity contribution is 0.780. The van der Waals surface area contributed by atoms with Crippen LogP contribution in [0.25, 0.3) is 0 Å². The van der Waals surface area contributed by atoms with Crippen molar-refractivity contribution >= 4 is 29.1 Å². The van der Waals surface area contributed by atoms with Crippen molar-refractivity contribution in [3.05, 3.63) is 28.8 Å². The van der Waals surface area contributed by atoms with Gasteiger partial charge < -0.3 is 10.6 Å². The van der Waals surface area contributed by atoms with E-state index in [9.17, 15) is 0 Å². The van der Waals surface area contributed by atoms with E-state index < -0.39 is 0 Å². The average Bonchev–Trinajstić information content (AvgIpc) is 2.28. The van der Waals surface area contributed by atoms with Gasteiger partial charge in [0.15, 0.2) is 0 Å². The highest BCUT2D eigenvalue weighted by Crippen LogP contribution is 2.31. The lowest BCUT2D eigenvalue weighted by Gasteiger charge is -2.33. The minimum Gasteiger partial charge on any atom is -0.368 e. The van der Waals surface area contributed by atoms with Crippen LogP contribution in [0.2, 0.25) is 5.02 Å². The highest BCUT2D eigenvalue weighted by atomic mass is 35.5. The van der Waals surface area contributed by atoms with Crippen LogP contribution in [0.15, 0.2) is 18.2 Å². The molecular formula is C13H19ClN2S. The van der Waals surface area contributed by atoms with Gasteiger partial charge >= 0.3 is 0 Å². The maximum Gasteiger partial charge on any atom is 0.0642 e. The van der Waals surface area contributed by atoms with E-state index in [-0.39, 0.29) is 6.04 Å². The third-order valence-electron chi connectivity index (χ3n) is 3.08. The van der Waals surface area contributed by atoms with Gasteiger partial charge in [-0.3, -0.25) is 0 Å². The van der Waals surface area contributed by atoms with Gasteiger partial charge in [0.05, 0.1) is 10.7 Å². The quantitative estimate of drug-likeness (QED) is 0.894. The van der Waals surface area contributed by atoms with E-state index in [1.807, 2.05) is 24.8 Å². The van der Waals surface area contributed by atoms with Crippen LogP contribution in [0.1, 0.15) is 25.5 Å². The summed E-state index contributed by atoms with van der Waals surface area (Å²) in [6, 6.07) is 6.22. The molecule has 1 unspecified atom stereocenters. The molecule has 1 fully saturated rings. The summed E-state index contributed by atoms with van der Waals surface area (Å²) in [4.78, 5) is 2.37. The van der Waals surface area contributed by atoms with Crippen molar-refractivity contribution in [3.63, 3.8) is 0 Å². The monoisotopic (exact) mass is 270 g/mol. The molecule has 94 valence electrons. The lowest BCUT2D eigenvalue weighted by Crippen LogP contribution is -2.36. The molecule has 1 heterocycles. The fourth-order valence-electron chi connectivity index (χ4n) is 2.10. The Bertz CT molecular complexity index is 395. The predicted octanol–water partition coefficient (Wildman–Crippen LogP) is 3.30. The van der Waals surface area contributed by atoms with E-state index in [0.717, 1.165) is 29.4 Å². The number of anilines is 1. The van der Waals surface area contributed by atoms with Crippen molar-refractivity contribution in [3.8, 4) is 0 Å². The average molecular weight is 271 g/mol. The van der Waals surface area contributed by atoms with Gasteiger partial charge in [-0.2, -0.15) is 11.8 Å². The highest BCUT2D eigenvalue weighted by Gasteiger charge is 2.19. The molecular weight excluding hydrogens is 252 g/mol. The first kappa shape index (κ1) is 13.1. The molecule has 0 aliphatic carbocycles. The van der Waals surface area contributed by atoms with Gasteiger partial charge in [0, 0.05) is 30.1 Å². The standard InChI is InChI=1S/C13H19ClN2S/c1-9-8-16(5-6-17-9)13-4-3-11(10(2)15)7-12(13)14/h3-4,7,9-10H,5-6,8,15H2,1-2H3/t9?,10-/m1/s1. The Balaban J connectivity index is 2.21. The third kappa shape index (κ3) is 3.09. The zero-order chi connectivity index (χ0) is 12.4. The molecule has 0 bridgehead atoms. The molecule has 1 aliphatic heterocycles. The fourth-order valence-corrected chi connectivity index (χ4v) is 3.42. The van der Waals surface area contributed by atoms with Crippen molar-refractivity contribution in [2.75, 3.05) is 23.7 Å². The van der Waals surface area contributed by atoms with Crippen LogP contribution < -0.4 is 10.6 Å². The number of thioether (sulfide) groups is 1. The molecule has 2 rings (SSSR count). The van der Waals surface area contributed by atoms with Gasteiger partial charge in [-0.1, -0.05) is 24.6 Å². The van der Waals surface area contributed by atoms with E-state index in [0.29, 0.717) is 5.25 Å². The summed E-state index contributed by atoms with van der Waals surface area (Å²) in [5, 5.41) is 1.49. The second-order valence-electron chi connectivity index (χ2n) is 4.63. The molecule has 0 saturated carbocycles. The number of halogens is 1. The predicted molar refractivity (Wildman–Crippen MR) is 78.2 cm³/mol. The molecule has 2 nitrogen and oxygen atoms in total. The summed E-state index contributed by atoms with van der Waals surface area (Å²) in [5.74, 6) is 1.17. The molecule has 4 heteroatoms. The SMILES string of the molecule is CC1CN(c2ccc([C@@H](C)N)cc2Cl)CCS1. The van der Waals surface area contributed by atoms with Gasteiger partial charge in [0.1, 0.15) is 0 Å². The number of nitrogens with two attached hydrogens (primary N) is 1. The normalized spacial score (nSPS) is 22.6. The number of nitrogens with zero attached hydrogens (tertiary/aromatic N) is 1. The smallest absolute Gasteiger partial charge is 0.0642 e. The largest absolute Gasteiger partial charge is 0.368 e. The second kappa shape index (κ2) is 5.51. The number of rotatable bonds is 2. The highest BCUT2D eigenvalue weighted by molar-refractivity contribution is 8.00. The van der Waals surface area contributed by atoms with Crippen LogP contribution in [-0.4, -0.2) is 24.1 Å². The molecule has 1 aliphatic rings. The Morgan fingerprint density at radius 1 is 1.53 bits per heavy atom. The van der Waals surface area contributed by atoms with Crippen molar-refractivity contribution in [2.24, 2.45) is 5.73 Å². The Morgan fingerprint density at radius 2 is 2.29 bits per heavy atom. The van der Waals surface area contributed by atoms with E-state index in [1.54, 1.807) is 0 Å². The third-order valence-corrected chi connectivity index (χ3v) is 4.52. The van der Waals surface area contributed by atoms with Crippen molar-refractivity contribution in [1.82, 2.24) is 0 Å². The first-order chi connectivity index (χ1) is 8.08. The van der Waals surface area contributed by atoms with E-state index in [4.69, 9.17) is 17.3 Å². The molecule has 0 radical (unpaired) electrons. The van der Waals surface area contributed by atoms with Crippen molar-refractivity contribution < 1.29 is 0 Å². The zero-order valence-corrected chi connectivity index (χ0v) is 11.9. The van der Waals surface area contributed by atoms with Crippen molar-refractivity contribution in [2.45, 2.75) is 25.1 Å². The Morgan fingerprint density at radius 3 is 2.88 bits per heavy atom. The Labute approximate surface area is 113 Å². The topological polar surface area (TPSA) is 29.3 Å². The van der Waals surface area contributed by atoms with Crippen LogP contribution in [0.5, 0.6) is 0 Å². The van der Waals surface area contributed by atoms with E-state index in [1.165, 1.54) is 5.75 Å². The zero-order valence-electron chi connectivity index (χ0n) is 10.3. The second-order valence-corrected chi connectivity index (χ2v) is 6.58. The molecule has 0 amide bonds. The summed E-state index contributed by atoms with van der Waals surface area (Å²) in [6.07, 6.45) is 0. The summed E-state index contributed by atoms with van der Waals surface area (Å²) in [6.45, 7) is 6.39. The number of benzene rings is 1. The van der Waals surface area contributed by atoms with Gasteiger partial charge in [-0.15, -0.1) is 0 Å². The first-order valence-corrected chi connectivity index (χ1v) is 7.42. The van der Waals surface area contributed by atoms with Crippen LogP contribution >= 0.6 is 23.4 Å². The van der Waals surface area contributed by atoms with Crippen LogP contribution in [0.3, 0.4) is 0 Å². The summed E-state index contributed by atoms with van der Waals surface area (Å²) in [7, 11) is 0. The molecule has 1 aromatic carbocycles. The lowest BCUT2D eigenvalue weighted by atomic mass is 10.1. The summed E-state index contributed by atoms with van der Waals surface area (Å²) >= 11 is 8.38. The van der Waals surface area contributed by atoms with E-state index >= 15 is 0 Å². The number of hydrogen-bond acceptors (Lipinski definition) is 3. The Kier molecular flexibility index (Phi) is 4.23. The van der Waals surface area contributed by atoms with E-state index in [2.05, 4.69) is 24.0 Å². The molecule has 2 N–H and O–H groups in total. The molecule has 1 saturated heterocycles. The molecule has 17 heavy (non-hydrogen) atoms. The van der Waals surface area contributed by atoms with Crippen molar-refractivity contribution in [1.29, 1.82) is 0 Å². The Hall–Kier alpha value is -0.380. The van der Waals surface area contributed by atoms with Crippen LogP contribution in [0.4, 0.5) is 5.69 Å². The maximum absolute atomic E-state index is 6.35. The molecule has 0 spiro atoms.